The van der Waals surface area contributed by atoms with Crippen LogP contribution in [0.3, 0.4) is 0 Å². The van der Waals surface area contributed by atoms with Gasteiger partial charge in [-0.25, -0.2) is 19.7 Å². The molecular weight excluding hydrogens is 498 g/mol. The lowest BCUT2D eigenvalue weighted by Gasteiger charge is -2.31. The molecule has 0 radical (unpaired) electrons. The Balaban J connectivity index is 1.23. The molecule has 2 aromatic carbocycles. The SMILES string of the molecule is COc1ccc2c(c1)C(=O)N(CC1(c3ccc(-c4ncnc5ncn(CC6CC6)c45)cc3)NC(=O)NC1=O)C2. The highest BCUT2D eigenvalue weighted by molar-refractivity contribution is 6.08. The van der Waals surface area contributed by atoms with E-state index in [0.717, 1.165) is 28.9 Å². The van der Waals surface area contributed by atoms with E-state index in [1.165, 1.54) is 19.2 Å². The van der Waals surface area contributed by atoms with E-state index in [2.05, 4.69) is 30.2 Å². The van der Waals surface area contributed by atoms with Crippen LogP contribution < -0.4 is 15.4 Å². The lowest BCUT2D eigenvalue weighted by molar-refractivity contribution is -0.124. The maximum Gasteiger partial charge on any atom is 0.322 e. The van der Waals surface area contributed by atoms with Gasteiger partial charge in [-0.1, -0.05) is 30.3 Å². The molecule has 11 nitrogen and oxygen atoms in total. The van der Waals surface area contributed by atoms with Gasteiger partial charge in [0.1, 0.15) is 17.6 Å². The van der Waals surface area contributed by atoms with Gasteiger partial charge in [0.25, 0.3) is 11.8 Å². The number of fused-ring (bicyclic) bond motifs is 2. The summed E-state index contributed by atoms with van der Waals surface area (Å²) in [5.41, 5.74) is 3.58. The largest absolute Gasteiger partial charge is 0.497 e. The Morgan fingerprint density at radius 1 is 1.05 bits per heavy atom. The first-order chi connectivity index (χ1) is 18.9. The van der Waals surface area contributed by atoms with E-state index < -0.39 is 17.5 Å². The van der Waals surface area contributed by atoms with Crippen molar-refractivity contribution < 1.29 is 19.1 Å². The number of nitrogens with one attached hydrogen (secondary N) is 2. The van der Waals surface area contributed by atoms with Gasteiger partial charge >= 0.3 is 6.03 Å². The van der Waals surface area contributed by atoms with Gasteiger partial charge in [-0.15, -0.1) is 0 Å². The Labute approximate surface area is 223 Å². The molecule has 1 atom stereocenters. The number of carbonyl (C=O) groups is 3. The number of carbonyl (C=O) groups excluding carboxylic acids is 3. The average molecular weight is 524 g/mol. The summed E-state index contributed by atoms with van der Waals surface area (Å²) in [7, 11) is 1.55. The van der Waals surface area contributed by atoms with E-state index >= 15 is 0 Å². The summed E-state index contributed by atoms with van der Waals surface area (Å²) >= 11 is 0. The van der Waals surface area contributed by atoms with Gasteiger partial charge in [-0.3, -0.25) is 14.9 Å². The number of nitrogens with zero attached hydrogens (tertiary/aromatic N) is 5. The molecule has 1 unspecified atom stereocenters. The molecule has 1 saturated heterocycles. The van der Waals surface area contributed by atoms with Crippen molar-refractivity contribution in [2.45, 2.75) is 31.5 Å². The van der Waals surface area contributed by atoms with E-state index in [1.54, 1.807) is 36.3 Å². The minimum atomic E-state index is -1.44. The fourth-order valence-electron chi connectivity index (χ4n) is 5.53. The summed E-state index contributed by atoms with van der Waals surface area (Å²) in [4.78, 5) is 53.8. The standard InChI is InChI=1S/C28H25N7O4/c1-39-20-9-6-18-12-34(25(36)21(18)10-20)13-28(26(37)32-27(38)33-28)19-7-4-17(5-8-19)22-23-24(30-14-29-22)31-15-35(23)11-16-2-3-16/h4-10,14-16H,2-3,11-13H2,1H3,(H2,32,33,37,38). The minimum Gasteiger partial charge on any atom is -0.497 e. The molecule has 196 valence electrons. The molecule has 4 heterocycles. The molecule has 0 bridgehead atoms. The molecule has 11 heteroatoms. The lowest BCUT2D eigenvalue weighted by atomic mass is 9.88. The Morgan fingerprint density at radius 3 is 2.59 bits per heavy atom. The van der Waals surface area contributed by atoms with Crippen LogP contribution in [0.5, 0.6) is 5.75 Å². The second-order valence-electron chi connectivity index (χ2n) is 10.3. The Morgan fingerprint density at radius 2 is 1.87 bits per heavy atom. The third kappa shape index (κ3) is 3.80. The molecule has 2 N–H and O–H groups in total. The molecule has 2 aliphatic heterocycles. The van der Waals surface area contributed by atoms with Crippen LogP contribution in [0.1, 0.15) is 34.3 Å². The van der Waals surface area contributed by atoms with Crippen LogP contribution in [0, 0.1) is 5.92 Å². The van der Waals surface area contributed by atoms with E-state index in [4.69, 9.17) is 4.74 Å². The van der Waals surface area contributed by atoms with Crippen LogP contribution in [0.25, 0.3) is 22.4 Å². The monoisotopic (exact) mass is 523 g/mol. The maximum absolute atomic E-state index is 13.3. The first kappa shape index (κ1) is 23.3. The highest BCUT2D eigenvalue weighted by Crippen LogP contribution is 2.35. The normalized spacial score (nSPS) is 20.3. The van der Waals surface area contributed by atoms with Crippen molar-refractivity contribution in [2.24, 2.45) is 5.92 Å². The van der Waals surface area contributed by atoms with Crippen molar-refractivity contribution in [1.29, 1.82) is 0 Å². The van der Waals surface area contributed by atoms with Crippen molar-refractivity contribution in [1.82, 2.24) is 35.1 Å². The fourth-order valence-corrected chi connectivity index (χ4v) is 5.53. The van der Waals surface area contributed by atoms with Crippen LogP contribution in [0.15, 0.2) is 55.1 Å². The molecule has 4 amide bonds. The van der Waals surface area contributed by atoms with Crippen LogP contribution >= 0.6 is 0 Å². The Bertz CT molecular complexity index is 1660. The fraction of sp³-hybridized carbons (Fsp3) is 0.286. The average Bonchev–Trinajstić information content (AvgIpc) is 3.50. The zero-order chi connectivity index (χ0) is 26.7. The van der Waals surface area contributed by atoms with E-state index in [0.29, 0.717) is 35.0 Å². The maximum atomic E-state index is 13.3. The number of methoxy groups -OCH3 is 1. The van der Waals surface area contributed by atoms with E-state index in [-0.39, 0.29) is 12.5 Å². The van der Waals surface area contributed by atoms with Gasteiger partial charge in [-0.2, -0.15) is 0 Å². The summed E-state index contributed by atoms with van der Waals surface area (Å²) in [5.74, 6) is 0.510. The minimum absolute atomic E-state index is 0.0222. The first-order valence-corrected chi connectivity index (χ1v) is 12.8. The zero-order valence-corrected chi connectivity index (χ0v) is 21.2. The summed E-state index contributed by atoms with van der Waals surface area (Å²) in [6, 6.07) is 12.1. The van der Waals surface area contributed by atoms with Crippen LogP contribution in [0.2, 0.25) is 0 Å². The van der Waals surface area contributed by atoms with E-state index in [9.17, 15) is 14.4 Å². The molecule has 0 spiro atoms. The number of rotatable bonds is 7. The molecule has 7 rings (SSSR count). The first-order valence-electron chi connectivity index (χ1n) is 12.8. The molecule has 1 saturated carbocycles. The topological polar surface area (TPSA) is 131 Å². The predicted octanol–water partition coefficient (Wildman–Crippen LogP) is 2.60. The van der Waals surface area contributed by atoms with Gasteiger partial charge < -0.3 is 19.5 Å². The van der Waals surface area contributed by atoms with Crippen molar-refractivity contribution in [2.75, 3.05) is 13.7 Å². The van der Waals surface area contributed by atoms with Crippen molar-refractivity contribution in [3.8, 4) is 17.0 Å². The van der Waals surface area contributed by atoms with E-state index in [1.807, 2.05) is 24.5 Å². The van der Waals surface area contributed by atoms with Crippen LogP contribution in [-0.2, 0) is 23.4 Å². The van der Waals surface area contributed by atoms with Gasteiger partial charge in [-0.05, 0) is 42.0 Å². The number of aromatic nitrogens is 4. The van der Waals surface area contributed by atoms with Crippen LogP contribution in [0.4, 0.5) is 4.79 Å². The highest BCUT2D eigenvalue weighted by atomic mass is 16.5. The second kappa shape index (κ2) is 8.62. The summed E-state index contributed by atoms with van der Waals surface area (Å²) < 4.78 is 7.37. The number of urea groups is 1. The highest BCUT2D eigenvalue weighted by Gasteiger charge is 2.50. The lowest BCUT2D eigenvalue weighted by Crippen LogP contribution is -2.52. The number of hydrogen-bond acceptors (Lipinski definition) is 7. The third-order valence-electron chi connectivity index (χ3n) is 7.78. The molecule has 1 aliphatic carbocycles. The quantitative estimate of drug-likeness (QED) is 0.356. The van der Waals surface area contributed by atoms with Gasteiger partial charge in [0.2, 0.25) is 0 Å². The summed E-state index contributed by atoms with van der Waals surface area (Å²) in [5, 5.41) is 5.15. The van der Waals surface area contributed by atoms with Crippen molar-refractivity contribution in [3.63, 3.8) is 0 Å². The van der Waals surface area contributed by atoms with Gasteiger partial charge in [0.15, 0.2) is 11.2 Å². The summed E-state index contributed by atoms with van der Waals surface area (Å²) in [6.45, 7) is 1.18. The second-order valence-corrected chi connectivity index (χ2v) is 10.3. The van der Waals surface area contributed by atoms with Crippen molar-refractivity contribution >= 4 is 29.0 Å². The number of amides is 4. The molecule has 39 heavy (non-hydrogen) atoms. The number of benzene rings is 2. The molecule has 2 aromatic heterocycles. The molecule has 2 fully saturated rings. The smallest absolute Gasteiger partial charge is 0.322 e. The number of imide groups is 1. The van der Waals surface area contributed by atoms with Gasteiger partial charge in [0, 0.05) is 24.2 Å². The Kier molecular flexibility index (Phi) is 5.15. The van der Waals surface area contributed by atoms with Crippen molar-refractivity contribution in [3.05, 3.63) is 71.8 Å². The molecular formula is C28H25N7O4. The third-order valence-corrected chi connectivity index (χ3v) is 7.78. The van der Waals surface area contributed by atoms with Crippen LogP contribution in [-0.4, -0.2) is 55.9 Å². The number of imidazole rings is 1. The number of ether oxygens (including phenoxy) is 1. The Hall–Kier alpha value is -4.80. The zero-order valence-electron chi connectivity index (χ0n) is 21.2. The predicted molar refractivity (Wildman–Crippen MR) is 140 cm³/mol. The summed E-state index contributed by atoms with van der Waals surface area (Å²) in [6.07, 6.45) is 5.73. The molecule has 3 aliphatic rings. The number of hydrogen-bond donors (Lipinski definition) is 2. The molecule has 4 aromatic rings. The van der Waals surface area contributed by atoms with Gasteiger partial charge in [0.05, 0.1) is 25.7 Å².